The van der Waals surface area contributed by atoms with Crippen molar-refractivity contribution < 1.29 is 43.7 Å². The fraction of sp³-hybridized carbons (Fsp3) is 0.472. The Kier molecular flexibility index (Phi) is 19.0. The van der Waals surface area contributed by atoms with Gasteiger partial charge in [0, 0.05) is 74.3 Å². The summed E-state index contributed by atoms with van der Waals surface area (Å²) < 4.78 is 12.3. The lowest BCUT2D eigenvalue weighted by Gasteiger charge is -2.32. The lowest BCUT2D eigenvalue weighted by atomic mass is 9.86. The SMILES string of the molecule is Cc1nc(-c2ccc(C(C)(C)C)cc2)nc(C)c1C(=O)C[C@@H](CCN)C(=O)N(C)[C@@H]1C(=O)C[C@@H](C)C(=O)N[C@H](C(=O)CCC#N)Cc2ccc(OC[C@@H](O)CN)c(c2)-c2cc1ccc2OC[C@@H](O)CN. The Bertz CT molecular complexity index is 2550. The van der Waals surface area contributed by atoms with Crippen LogP contribution in [-0.4, -0.2) is 112 Å². The lowest BCUT2D eigenvalue weighted by molar-refractivity contribution is -0.142. The van der Waals surface area contributed by atoms with Gasteiger partial charge in [-0.15, -0.1) is 0 Å². The molecule has 0 radical (unpaired) electrons. The molecule has 0 saturated carbocycles. The summed E-state index contributed by atoms with van der Waals surface area (Å²) in [6, 6.07) is 17.4. The second kappa shape index (κ2) is 24.4. The Morgan fingerprint density at radius 2 is 1.47 bits per heavy atom. The smallest absolute Gasteiger partial charge is 0.226 e. The van der Waals surface area contributed by atoms with Gasteiger partial charge in [0.1, 0.15) is 43.0 Å². The van der Waals surface area contributed by atoms with Gasteiger partial charge in [0.2, 0.25) is 11.8 Å². The van der Waals surface area contributed by atoms with E-state index >= 15 is 0 Å². The van der Waals surface area contributed by atoms with Crippen LogP contribution in [0, 0.1) is 37.0 Å². The number of carbonyl (C=O) groups is 5. The van der Waals surface area contributed by atoms with Crippen LogP contribution in [0.3, 0.4) is 0 Å². The summed E-state index contributed by atoms with van der Waals surface area (Å²) in [4.78, 5) is 82.2. The van der Waals surface area contributed by atoms with E-state index in [1.54, 1.807) is 57.2 Å². The van der Waals surface area contributed by atoms with Crippen LogP contribution in [0.15, 0.2) is 60.7 Å². The first-order valence-corrected chi connectivity index (χ1v) is 23.7. The maximum absolute atomic E-state index is 14.9. The molecule has 0 unspecified atom stereocenters. The van der Waals surface area contributed by atoms with Gasteiger partial charge in [0.05, 0.1) is 29.1 Å². The second-order valence-corrected chi connectivity index (χ2v) is 19.1. The zero-order chi connectivity index (χ0) is 51.4. The fourth-order valence-corrected chi connectivity index (χ4v) is 8.51. The Balaban J connectivity index is 1.61. The number of nitrogens with one attached hydrogen (secondary N) is 1. The van der Waals surface area contributed by atoms with Gasteiger partial charge in [-0.05, 0) is 79.6 Å². The maximum atomic E-state index is 14.9. The molecule has 17 nitrogen and oxygen atoms in total. The first-order valence-electron chi connectivity index (χ1n) is 23.7. The predicted molar refractivity (Wildman–Crippen MR) is 265 cm³/mol. The molecule has 1 aliphatic rings. The molecule has 0 spiro atoms. The van der Waals surface area contributed by atoms with Gasteiger partial charge in [-0.1, -0.05) is 64.1 Å². The van der Waals surface area contributed by atoms with E-state index in [0.29, 0.717) is 39.5 Å². The number of likely N-dealkylation sites (N-methyl/N-ethyl adjacent to an activating group) is 1. The zero-order valence-corrected chi connectivity index (χ0v) is 41.3. The van der Waals surface area contributed by atoms with Gasteiger partial charge in [-0.3, -0.25) is 24.0 Å². The van der Waals surface area contributed by atoms with E-state index in [-0.39, 0.29) is 99.6 Å². The number of Topliss-reactive ketones (excluding diaryl/α,β-unsaturated/α-hetero) is 3. The quantitative estimate of drug-likeness (QED) is 0.0712. The number of benzene rings is 3. The summed E-state index contributed by atoms with van der Waals surface area (Å²) in [6.07, 6.45) is -2.80. The molecule has 0 aliphatic carbocycles. The molecule has 0 fully saturated rings. The molecule has 2 amide bonds. The van der Waals surface area contributed by atoms with Crippen LogP contribution >= 0.6 is 0 Å². The summed E-state index contributed by atoms with van der Waals surface area (Å²) in [5, 5.41) is 32.9. The number of fused-ring (bicyclic) bond motifs is 5. The fourth-order valence-electron chi connectivity index (χ4n) is 8.51. The molecule has 4 bridgehead atoms. The molecule has 4 aromatic rings. The highest BCUT2D eigenvalue weighted by Crippen LogP contribution is 2.41. The third-order valence-electron chi connectivity index (χ3n) is 12.5. The van der Waals surface area contributed by atoms with E-state index in [9.17, 15) is 39.4 Å². The molecule has 6 atom stereocenters. The van der Waals surface area contributed by atoms with Crippen molar-refractivity contribution in [2.75, 3.05) is 39.9 Å². The van der Waals surface area contributed by atoms with E-state index in [2.05, 4.69) is 26.1 Å². The van der Waals surface area contributed by atoms with E-state index in [1.165, 1.54) is 11.9 Å². The summed E-state index contributed by atoms with van der Waals surface area (Å²) in [7, 11) is 1.46. The highest BCUT2D eigenvalue weighted by atomic mass is 16.5. The third-order valence-corrected chi connectivity index (χ3v) is 12.5. The minimum absolute atomic E-state index is 0.0129. The van der Waals surface area contributed by atoms with Crippen LogP contribution in [0.5, 0.6) is 11.5 Å². The van der Waals surface area contributed by atoms with Gasteiger partial charge in [0.15, 0.2) is 23.2 Å². The number of hydrogen-bond acceptors (Lipinski definition) is 15. The van der Waals surface area contributed by atoms with E-state index in [1.807, 2.05) is 30.3 Å². The molecule has 17 heteroatoms. The molecule has 1 aliphatic heterocycles. The van der Waals surface area contributed by atoms with Crippen LogP contribution in [0.1, 0.15) is 104 Å². The number of aromatic nitrogens is 2. The van der Waals surface area contributed by atoms with Gasteiger partial charge >= 0.3 is 0 Å². The average Bonchev–Trinajstić information content (AvgIpc) is 3.32. The average molecular weight is 961 g/mol. The number of aliphatic hydroxyl groups is 2. The zero-order valence-electron chi connectivity index (χ0n) is 41.3. The third kappa shape index (κ3) is 13.7. The summed E-state index contributed by atoms with van der Waals surface area (Å²) >= 11 is 0. The standard InChI is InChI=1S/C53H68N8O9/c1-30-21-45(66)49(61(7)52(68)36(18-20-55)25-44(65)48-31(2)58-50(59-32(48)3)34-11-14-37(15-12-34)53(4,5)6)35-13-17-47(70-29-39(63)27-57)41(24-35)40-22-33(10-16-46(40)69-28-38(62)26-56)23-42(60-51(30)67)43(64)9-8-19-54/h10-17,22,24,30,36,38-39,42,49,62-63H,8-9,18,20-21,23,25-29,55-57H2,1-7H3,(H,60,67)/t30-,36-,38+,39+,42+,49+/m1/s1. The molecule has 374 valence electrons. The van der Waals surface area contributed by atoms with Crippen LogP contribution in [-0.2, 0) is 31.0 Å². The molecule has 2 heterocycles. The number of aryl methyl sites for hydroxylation is 2. The normalized spacial score (nSPS) is 17.6. The summed E-state index contributed by atoms with van der Waals surface area (Å²) in [5.41, 5.74) is 22.2. The van der Waals surface area contributed by atoms with Gasteiger partial charge in [-0.2, -0.15) is 5.26 Å². The van der Waals surface area contributed by atoms with Crippen molar-refractivity contribution in [1.82, 2.24) is 20.2 Å². The Hall–Kier alpha value is -6.42. The van der Waals surface area contributed by atoms with Crippen molar-refractivity contribution in [3.05, 3.63) is 94.3 Å². The number of hydrogen-bond donors (Lipinski definition) is 6. The molecule has 5 rings (SSSR count). The Labute approximate surface area is 410 Å². The minimum atomic E-state index is -1.33. The van der Waals surface area contributed by atoms with Gasteiger partial charge in [-0.25, -0.2) is 9.97 Å². The number of rotatable bonds is 19. The van der Waals surface area contributed by atoms with Crippen LogP contribution < -0.4 is 32.0 Å². The van der Waals surface area contributed by atoms with Gasteiger partial charge in [0.25, 0.3) is 0 Å². The van der Waals surface area contributed by atoms with Crippen LogP contribution in [0.2, 0.25) is 0 Å². The van der Waals surface area contributed by atoms with Crippen molar-refractivity contribution in [1.29, 1.82) is 5.26 Å². The van der Waals surface area contributed by atoms with E-state index < -0.39 is 59.5 Å². The first-order chi connectivity index (χ1) is 33.2. The summed E-state index contributed by atoms with van der Waals surface area (Å²) in [5.74, 6) is -3.44. The maximum Gasteiger partial charge on any atom is 0.226 e. The van der Waals surface area contributed by atoms with E-state index in [0.717, 1.165) is 11.1 Å². The van der Waals surface area contributed by atoms with Crippen molar-refractivity contribution in [3.8, 4) is 40.1 Å². The van der Waals surface area contributed by atoms with Crippen molar-refractivity contribution in [3.63, 3.8) is 0 Å². The number of nitrogens with zero attached hydrogens (tertiary/aromatic N) is 4. The van der Waals surface area contributed by atoms with Gasteiger partial charge < -0.3 is 47.1 Å². The monoisotopic (exact) mass is 961 g/mol. The number of ether oxygens (including phenoxy) is 2. The molecule has 70 heavy (non-hydrogen) atoms. The topological polar surface area (TPSA) is 287 Å². The molecular weight excluding hydrogens is 893 g/mol. The molecule has 1 aromatic heterocycles. The second-order valence-electron chi connectivity index (χ2n) is 19.1. The molecule has 9 N–H and O–H groups in total. The largest absolute Gasteiger partial charge is 0.490 e. The number of nitriles is 1. The number of nitrogens with two attached hydrogens (primary N) is 3. The Morgan fingerprint density at radius 1 is 0.886 bits per heavy atom. The van der Waals surface area contributed by atoms with Crippen molar-refractivity contribution in [2.24, 2.45) is 29.0 Å². The summed E-state index contributed by atoms with van der Waals surface area (Å²) in [6.45, 7) is 10.8. The minimum Gasteiger partial charge on any atom is -0.490 e. The molecular formula is C53H68N8O9. The highest BCUT2D eigenvalue weighted by molar-refractivity contribution is 6.01. The highest BCUT2D eigenvalue weighted by Gasteiger charge is 2.37. The van der Waals surface area contributed by atoms with E-state index in [4.69, 9.17) is 36.6 Å². The Morgan fingerprint density at radius 3 is 2.03 bits per heavy atom. The molecule has 0 saturated heterocycles. The molecule has 3 aromatic carbocycles. The number of ketones is 3. The van der Waals surface area contributed by atoms with Crippen molar-refractivity contribution in [2.45, 2.75) is 110 Å². The van der Waals surface area contributed by atoms with Crippen molar-refractivity contribution >= 4 is 29.2 Å². The van der Waals surface area contributed by atoms with Crippen LogP contribution in [0.4, 0.5) is 0 Å². The predicted octanol–water partition coefficient (Wildman–Crippen LogP) is 4.37. The number of carbonyl (C=O) groups excluding carboxylic acids is 5. The van der Waals surface area contributed by atoms with Crippen LogP contribution in [0.25, 0.3) is 22.5 Å². The lowest BCUT2D eigenvalue weighted by Crippen LogP contribution is -2.46. The first kappa shape index (κ1) is 54.5. The number of aliphatic hydroxyl groups excluding tert-OH is 2. The number of amides is 2.